The summed E-state index contributed by atoms with van der Waals surface area (Å²) in [4.78, 5) is 0. The van der Waals surface area contributed by atoms with Gasteiger partial charge in [0.05, 0.1) is 6.61 Å². The molecule has 2 N–H and O–H groups in total. The molecule has 3 nitrogen and oxygen atoms in total. The van der Waals surface area contributed by atoms with E-state index in [0.29, 0.717) is 0 Å². The summed E-state index contributed by atoms with van der Waals surface area (Å²) in [7, 11) is 2.08. The van der Waals surface area contributed by atoms with Crippen LogP contribution in [0.3, 0.4) is 0 Å². The van der Waals surface area contributed by atoms with E-state index >= 15 is 0 Å². The fourth-order valence-electron chi connectivity index (χ4n) is 1.70. The van der Waals surface area contributed by atoms with Crippen LogP contribution >= 0.6 is 0 Å². The number of nitrogens with one attached hydrogen (secondary N) is 1. The van der Waals surface area contributed by atoms with Gasteiger partial charge in [-0.2, -0.15) is 0 Å². The van der Waals surface area contributed by atoms with Gasteiger partial charge in [0, 0.05) is 31.0 Å². The summed E-state index contributed by atoms with van der Waals surface area (Å²) >= 11 is 0. The second-order valence-corrected chi connectivity index (χ2v) is 4.12. The topological polar surface area (TPSA) is 37.2 Å². The van der Waals surface area contributed by atoms with E-state index in [4.69, 9.17) is 5.11 Å². The standard InChI is InChI=1S/C12H22N2O/c1-5-12(8-15)13-7-11-6-9(2)14(4)10(11)3/h6,12-13,15H,5,7-8H2,1-4H3/t12-/m0/s1. The van der Waals surface area contributed by atoms with Crippen LogP contribution in [0.25, 0.3) is 0 Å². The molecule has 0 amide bonds. The fraction of sp³-hybridized carbons (Fsp3) is 0.667. The predicted octanol–water partition coefficient (Wildman–Crippen LogP) is 1.50. The first-order valence-corrected chi connectivity index (χ1v) is 5.56. The molecule has 0 fully saturated rings. The van der Waals surface area contributed by atoms with Gasteiger partial charge in [0.1, 0.15) is 0 Å². The van der Waals surface area contributed by atoms with Crippen molar-refractivity contribution >= 4 is 0 Å². The number of rotatable bonds is 5. The van der Waals surface area contributed by atoms with Crippen LogP contribution < -0.4 is 5.32 Å². The predicted molar refractivity (Wildman–Crippen MR) is 62.9 cm³/mol. The maximum Gasteiger partial charge on any atom is 0.0584 e. The van der Waals surface area contributed by atoms with E-state index in [2.05, 4.69) is 43.8 Å². The van der Waals surface area contributed by atoms with Crippen molar-refractivity contribution in [3.05, 3.63) is 23.0 Å². The van der Waals surface area contributed by atoms with Gasteiger partial charge in [-0.25, -0.2) is 0 Å². The van der Waals surface area contributed by atoms with Gasteiger partial charge in [-0.3, -0.25) is 0 Å². The first kappa shape index (κ1) is 12.3. The molecule has 1 aromatic heterocycles. The SMILES string of the molecule is CC[C@@H](CO)NCc1cc(C)n(C)c1C. The molecule has 1 heterocycles. The summed E-state index contributed by atoms with van der Waals surface area (Å²) in [5, 5.41) is 12.4. The average Bonchev–Trinajstić information content (AvgIpc) is 2.48. The molecule has 0 saturated carbocycles. The fourth-order valence-corrected chi connectivity index (χ4v) is 1.70. The zero-order valence-electron chi connectivity index (χ0n) is 10.2. The molecule has 0 saturated heterocycles. The number of hydrogen-bond donors (Lipinski definition) is 2. The third-order valence-corrected chi connectivity index (χ3v) is 3.17. The van der Waals surface area contributed by atoms with Gasteiger partial charge in [-0.05, 0) is 31.9 Å². The Morgan fingerprint density at radius 2 is 2.13 bits per heavy atom. The number of aromatic nitrogens is 1. The van der Waals surface area contributed by atoms with E-state index in [-0.39, 0.29) is 12.6 Å². The number of hydrogen-bond acceptors (Lipinski definition) is 2. The highest BCUT2D eigenvalue weighted by Crippen LogP contribution is 2.13. The van der Waals surface area contributed by atoms with Crippen molar-refractivity contribution in [1.29, 1.82) is 0 Å². The van der Waals surface area contributed by atoms with Gasteiger partial charge in [0.2, 0.25) is 0 Å². The zero-order valence-corrected chi connectivity index (χ0v) is 10.2. The molecule has 0 radical (unpaired) electrons. The highest BCUT2D eigenvalue weighted by molar-refractivity contribution is 5.26. The number of aliphatic hydroxyl groups is 1. The summed E-state index contributed by atoms with van der Waals surface area (Å²) in [5.41, 5.74) is 3.90. The maximum absolute atomic E-state index is 9.07. The molecule has 0 aromatic carbocycles. The lowest BCUT2D eigenvalue weighted by Gasteiger charge is -2.13. The van der Waals surface area contributed by atoms with Crippen molar-refractivity contribution in [2.75, 3.05) is 6.61 Å². The van der Waals surface area contributed by atoms with Crippen LogP contribution in [0.15, 0.2) is 6.07 Å². The van der Waals surface area contributed by atoms with Crippen LogP contribution in [0, 0.1) is 13.8 Å². The van der Waals surface area contributed by atoms with Gasteiger partial charge in [-0.15, -0.1) is 0 Å². The van der Waals surface area contributed by atoms with Gasteiger partial charge in [0.25, 0.3) is 0 Å². The monoisotopic (exact) mass is 210 g/mol. The molecule has 1 atom stereocenters. The Labute approximate surface area is 92.1 Å². The number of nitrogens with zero attached hydrogens (tertiary/aromatic N) is 1. The van der Waals surface area contributed by atoms with E-state index in [9.17, 15) is 0 Å². The summed E-state index contributed by atoms with van der Waals surface area (Å²) < 4.78 is 2.19. The minimum atomic E-state index is 0.210. The van der Waals surface area contributed by atoms with E-state index in [1.54, 1.807) is 0 Å². The van der Waals surface area contributed by atoms with Crippen LogP contribution in [-0.2, 0) is 13.6 Å². The first-order chi connectivity index (χ1) is 7.10. The second kappa shape index (κ2) is 5.33. The molecule has 0 aliphatic carbocycles. The molecule has 0 bridgehead atoms. The number of aryl methyl sites for hydroxylation is 1. The van der Waals surface area contributed by atoms with Crippen LogP contribution in [0.1, 0.15) is 30.3 Å². The molecule has 0 aliphatic heterocycles. The van der Waals surface area contributed by atoms with Gasteiger partial charge in [0.15, 0.2) is 0 Å². The minimum absolute atomic E-state index is 0.210. The van der Waals surface area contributed by atoms with Crippen molar-refractivity contribution in [1.82, 2.24) is 9.88 Å². The molecule has 15 heavy (non-hydrogen) atoms. The van der Waals surface area contributed by atoms with Gasteiger partial charge in [-0.1, -0.05) is 6.92 Å². The molecule has 3 heteroatoms. The Morgan fingerprint density at radius 1 is 1.47 bits per heavy atom. The second-order valence-electron chi connectivity index (χ2n) is 4.12. The third-order valence-electron chi connectivity index (χ3n) is 3.17. The zero-order chi connectivity index (χ0) is 11.4. The van der Waals surface area contributed by atoms with Crippen LogP contribution in [0.5, 0.6) is 0 Å². The molecule has 1 rings (SSSR count). The summed E-state index contributed by atoms with van der Waals surface area (Å²) in [5.74, 6) is 0. The summed E-state index contributed by atoms with van der Waals surface area (Å²) in [6.45, 7) is 7.37. The van der Waals surface area contributed by atoms with E-state index in [1.165, 1.54) is 17.0 Å². The lowest BCUT2D eigenvalue weighted by Crippen LogP contribution is -2.31. The molecule has 0 spiro atoms. The first-order valence-electron chi connectivity index (χ1n) is 5.56. The molecule has 86 valence electrons. The average molecular weight is 210 g/mol. The molecule has 0 unspecified atom stereocenters. The lowest BCUT2D eigenvalue weighted by atomic mass is 10.2. The summed E-state index contributed by atoms with van der Waals surface area (Å²) in [6.07, 6.45) is 0.960. The maximum atomic E-state index is 9.07. The lowest BCUT2D eigenvalue weighted by molar-refractivity contribution is 0.238. The highest BCUT2D eigenvalue weighted by Gasteiger charge is 2.08. The van der Waals surface area contributed by atoms with Gasteiger partial charge >= 0.3 is 0 Å². The Bertz CT molecular complexity index is 314. The minimum Gasteiger partial charge on any atom is -0.395 e. The Kier molecular flexibility index (Phi) is 4.36. The van der Waals surface area contributed by atoms with Crippen LogP contribution in [0.2, 0.25) is 0 Å². The van der Waals surface area contributed by atoms with Crippen molar-refractivity contribution in [2.45, 2.75) is 39.8 Å². The van der Waals surface area contributed by atoms with Gasteiger partial charge < -0.3 is 15.0 Å². The number of aliphatic hydroxyl groups excluding tert-OH is 1. The largest absolute Gasteiger partial charge is 0.395 e. The van der Waals surface area contributed by atoms with Crippen molar-refractivity contribution in [2.24, 2.45) is 7.05 Å². The molecular formula is C12H22N2O. The quantitative estimate of drug-likeness (QED) is 0.773. The molecular weight excluding hydrogens is 188 g/mol. The van der Waals surface area contributed by atoms with Crippen LogP contribution in [-0.4, -0.2) is 22.3 Å². The van der Waals surface area contributed by atoms with Crippen molar-refractivity contribution < 1.29 is 5.11 Å². The van der Waals surface area contributed by atoms with Crippen molar-refractivity contribution in [3.63, 3.8) is 0 Å². The Hall–Kier alpha value is -0.800. The smallest absolute Gasteiger partial charge is 0.0584 e. The Balaban J connectivity index is 2.61. The van der Waals surface area contributed by atoms with E-state index < -0.39 is 0 Å². The van der Waals surface area contributed by atoms with Crippen LogP contribution in [0.4, 0.5) is 0 Å². The molecule has 1 aromatic rings. The summed E-state index contributed by atoms with van der Waals surface area (Å²) in [6, 6.07) is 2.41. The Morgan fingerprint density at radius 3 is 2.53 bits per heavy atom. The molecule has 0 aliphatic rings. The third kappa shape index (κ3) is 2.83. The normalized spacial score (nSPS) is 13.1. The van der Waals surface area contributed by atoms with E-state index in [1.807, 2.05) is 0 Å². The highest BCUT2D eigenvalue weighted by atomic mass is 16.3. The van der Waals surface area contributed by atoms with Crippen molar-refractivity contribution in [3.8, 4) is 0 Å². The van der Waals surface area contributed by atoms with E-state index in [0.717, 1.165) is 13.0 Å².